The predicted octanol–water partition coefficient (Wildman–Crippen LogP) is 4.02. The highest BCUT2D eigenvalue weighted by atomic mass is 79.9. The smallest absolute Gasteiger partial charge is 0.205 e. The lowest BCUT2D eigenvalue weighted by atomic mass is 10.1. The molecule has 3 aromatic rings. The van der Waals surface area contributed by atoms with Crippen molar-refractivity contribution in [3.63, 3.8) is 0 Å². The van der Waals surface area contributed by atoms with Crippen molar-refractivity contribution in [3.05, 3.63) is 58.1 Å². The molecular weight excluding hydrogens is 328 g/mol. The third-order valence-electron chi connectivity index (χ3n) is 3.42. The van der Waals surface area contributed by atoms with E-state index >= 15 is 0 Å². The summed E-state index contributed by atoms with van der Waals surface area (Å²) in [5.74, 6) is 0.787. The molecule has 0 fully saturated rings. The van der Waals surface area contributed by atoms with E-state index in [4.69, 9.17) is 0 Å². The molecule has 0 unspecified atom stereocenters. The lowest BCUT2D eigenvalue weighted by Gasteiger charge is -2.14. The quantitative estimate of drug-likeness (QED) is 0.706. The SMILES string of the molecule is Cc1cncc(-c2nnc(Br)n2-c2c(C)cccc2C)c1. The van der Waals surface area contributed by atoms with Gasteiger partial charge in [-0.2, -0.15) is 0 Å². The molecule has 1 aromatic carbocycles. The Bertz CT molecular complexity index is 788. The van der Waals surface area contributed by atoms with Gasteiger partial charge >= 0.3 is 0 Å². The second-order valence-corrected chi connectivity index (χ2v) is 5.83. The minimum absolute atomic E-state index is 0.691. The monoisotopic (exact) mass is 342 g/mol. The molecule has 0 atom stereocenters. The number of nitrogens with zero attached hydrogens (tertiary/aromatic N) is 4. The first-order valence-electron chi connectivity index (χ1n) is 6.67. The van der Waals surface area contributed by atoms with E-state index in [1.807, 2.05) is 23.9 Å². The maximum Gasteiger partial charge on any atom is 0.205 e. The Hall–Kier alpha value is -2.01. The standard InChI is InChI=1S/C16H15BrN4/c1-10-7-13(9-18-8-10)15-19-20-16(17)21(15)14-11(2)5-4-6-12(14)3/h4-9H,1-3H3. The Morgan fingerprint density at radius 1 is 1.00 bits per heavy atom. The van der Waals surface area contributed by atoms with Gasteiger partial charge in [-0.05, 0) is 59.5 Å². The maximum absolute atomic E-state index is 4.31. The van der Waals surface area contributed by atoms with Gasteiger partial charge in [-0.25, -0.2) is 0 Å². The number of halogens is 1. The van der Waals surface area contributed by atoms with Gasteiger partial charge in [-0.1, -0.05) is 18.2 Å². The highest BCUT2D eigenvalue weighted by Gasteiger charge is 2.17. The van der Waals surface area contributed by atoms with Crippen molar-refractivity contribution in [1.82, 2.24) is 19.7 Å². The molecule has 0 saturated carbocycles. The zero-order valence-electron chi connectivity index (χ0n) is 12.1. The minimum atomic E-state index is 0.691. The molecular formula is C16H15BrN4. The van der Waals surface area contributed by atoms with Gasteiger partial charge < -0.3 is 0 Å². The largest absolute Gasteiger partial charge is 0.269 e. The van der Waals surface area contributed by atoms with Gasteiger partial charge in [0.1, 0.15) is 0 Å². The van der Waals surface area contributed by atoms with Crippen molar-refractivity contribution >= 4 is 15.9 Å². The van der Waals surface area contributed by atoms with Gasteiger partial charge in [0.2, 0.25) is 4.73 Å². The van der Waals surface area contributed by atoms with Crippen molar-refractivity contribution in [3.8, 4) is 17.1 Å². The molecule has 21 heavy (non-hydrogen) atoms. The van der Waals surface area contributed by atoms with E-state index in [-0.39, 0.29) is 0 Å². The normalized spacial score (nSPS) is 10.9. The molecule has 106 valence electrons. The van der Waals surface area contributed by atoms with Crippen LogP contribution in [0.15, 0.2) is 41.4 Å². The fraction of sp³-hybridized carbons (Fsp3) is 0.188. The molecule has 5 heteroatoms. The van der Waals surface area contributed by atoms with Crippen molar-refractivity contribution in [2.45, 2.75) is 20.8 Å². The maximum atomic E-state index is 4.31. The van der Waals surface area contributed by atoms with Gasteiger partial charge in [0.05, 0.1) is 5.69 Å². The summed E-state index contributed by atoms with van der Waals surface area (Å²) >= 11 is 3.51. The number of rotatable bonds is 2. The van der Waals surface area contributed by atoms with Crippen LogP contribution in [-0.2, 0) is 0 Å². The van der Waals surface area contributed by atoms with Gasteiger partial charge in [0, 0.05) is 18.0 Å². The van der Waals surface area contributed by atoms with Gasteiger partial charge in [-0.15, -0.1) is 10.2 Å². The van der Waals surface area contributed by atoms with Gasteiger partial charge in [0.15, 0.2) is 5.82 Å². The zero-order chi connectivity index (χ0) is 15.0. The van der Waals surface area contributed by atoms with Crippen LogP contribution in [0, 0.1) is 20.8 Å². The first-order valence-corrected chi connectivity index (χ1v) is 7.47. The number of pyridine rings is 1. The van der Waals surface area contributed by atoms with E-state index in [2.05, 4.69) is 69.2 Å². The zero-order valence-corrected chi connectivity index (χ0v) is 13.7. The molecule has 0 spiro atoms. The number of aromatic nitrogens is 4. The summed E-state index contributed by atoms with van der Waals surface area (Å²) in [4.78, 5) is 4.25. The van der Waals surface area contributed by atoms with E-state index in [1.54, 1.807) is 0 Å². The van der Waals surface area contributed by atoms with Crippen LogP contribution in [0.2, 0.25) is 0 Å². The number of hydrogen-bond donors (Lipinski definition) is 0. The van der Waals surface area contributed by atoms with E-state index in [9.17, 15) is 0 Å². The highest BCUT2D eigenvalue weighted by Crippen LogP contribution is 2.29. The molecule has 0 bridgehead atoms. The molecule has 3 rings (SSSR count). The van der Waals surface area contributed by atoms with Crippen LogP contribution in [0.5, 0.6) is 0 Å². The second kappa shape index (κ2) is 5.41. The molecule has 2 heterocycles. The Balaban J connectivity index is 2.28. The van der Waals surface area contributed by atoms with Crippen LogP contribution in [-0.4, -0.2) is 19.7 Å². The number of para-hydroxylation sites is 1. The lowest BCUT2D eigenvalue weighted by Crippen LogP contribution is -2.03. The highest BCUT2D eigenvalue weighted by molar-refractivity contribution is 9.10. The van der Waals surface area contributed by atoms with Crippen molar-refractivity contribution in [2.75, 3.05) is 0 Å². The van der Waals surface area contributed by atoms with Crippen LogP contribution in [0.1, 0.15) is 16.7 Å². The first kappa shape index (κ1) is 13.9. The molecule has 0 aliphatic carbocycles. The van der Waals surface area contributed by atoms with E-state index in [0.717, 1.165) is 22.6 Å². The Morgan fingerprint density at radius 3 is 2.38 bits per heavy atom. The number of benzene rings is 1. The van der Waals surface area contributed by atoms with E-state index in [1.165, 1.54) is 11.1 Å². The van der Waals surface area contributed by atoms with E-state index in [0.29, 0.717) is 4.73 Å². The van der Waals surface area contributed by atoms with Crippen LogP contribution in [0.25, 0.3) is 17.1 Å². The molecule has 0 amide bonds. The van der Waals surface area contributed by atoms with Crippen LogP contribution in [0.3, 0.4) is 0 Å². The molecule has 0 aliphatic heterocycles. The average Bonchev–Trinajstić information content (AvgIpc) is 2.81. The van der Waals surface area contributed by atoms with Crippen LogP contribution in [0.4, 0.5) is 0 Å². The first-order chi connectivity index (χ1) is 10.1. The fourth-order valence-electron chi connectivity index (χ4n) is 2.49. The van der Waals surface area contributed by atoms with Gasteiger partial charge in [0.25, 0.3) is 0 Å². The Kier molecular flexibility index (Phi) is 3.59. The molecule has 0 radical (unpaired) electrons. The minimum Gasteiger partial charge on any atom is -0.269 e. The lowest BCUT2D eigenvalue weighted by molar-refractivity contribution is 0.990. The van der Waals surface area contributed by atoms with E-state index < -0.39 is 0 Å². The average molecular weight is 343 g/mol. The summed E-state index contributed by atoms with van der Waals surface area (Å²) < 4.78 is 2.72. The summed E-state index contributed by atoms with van der Waals surface area (Å²) in [7, 11) is 0. The van der Waals surface area contributed by atoms with Crippen LogP contribution < -0.4 is 0 Å². The summed E-state index contributed by atoms with van der Waals surface area (Å²) in [5.41, 5.74) is 5.51. The van der Waals surface area contributed by atoms with Crippen molar-refractivity contribution in [2.24, 2.45) is 0 Å². The summed E-state index contributed by atoms with van der Waals surface area (Å²) in [6, 6.07) is 8.30. The Morgan fingerprint density at radius 2 is 1.71 bits per heavy atom. The van der Waals surface area contributed by atoms with Crippen molar-refractivity contribution in [1.29, 1.82) is 0 Å². The Labute approximate surface area is 132 Å². The van der Waals surface area contributed by atoms with Gasteiger partial charge in [-0.3, -0.25) is 9.55 Å². The second-order valence-electron chi connectivity index (χ2n) is 5.12. The molecule has 4 nitrogen and oxygen atoms in total. The third-order valence-corrected chi connectivity index (χ3v) is 3.93. The summed E-state index contributed by atoms with van der Waals surface area (Å²) in [6.45, 7) is 6.20. The van der Waals surface area contributed by atoms with Crippen LogP contribution >= 0.6 is 15.9 Å². The number of hydrogen-bond acceptors (Lipinski definition) is 3. The number of aryl methyl sites for hydroxylation is 3. The topological polar surface area (TPSA) is 43.6 Å². The van der Waals surface area contributed by atoms with Crippen molar-refractivity contribution < 1.29 is 0 Å². The summed E-state index contributed by atoms with van der Waals surface area (Å²) in [6.07, 6.45) is 3.64. The molecule has 0 aliphatic rings. The third kappa shape index (κ3) is 2.49. The summed E-state index contributed by atoms with van der Waals surface area (Å²) in [5, 5.41) is 8.49. The molecule has 2 aromatic heterocycles. The fourth-order valence-corrected chi connectivity index (χ4v) is 2.91. The predicted molar refractivity (Wildman–Crippen MR) is 86.5 cm³/mol. The molecule has 0 N–H and O–H groups in total. The molecule has 0 saturated heterocycles.